The first-order chi connectivity index (χ1) is 28.2. The summed E-state index contributed by atoms with van der Waals surface area (Å²) in [7, 11) is 0. The van der Waals surface area contributed by atoms with Crippen molar-refractivity contribution in [3.8, 4) is 44.6 Å². The summed E-state index contributed by atoms with van der Waals surface area (Å²) in [5.74, 6) is 0. The van der Waals surface area contributed by atoms with Crippen molar-refractivity contribution >= 4 is 85.6 Å². The van der Waals surface area contributed by atoms with Crippen molar-refractivity contribution in [3.63, 3.8) is 0 Å². The average Bonchev–Trinajstić information content (AvgIpc) is 3.66. The molecule has 0 unspecified atom stereocenters. The summed E-state index contributed by atoms with van der Waals surface area (Å²) in [6.45, 7) is 0. The quantitative estimate of drug-likeness (QED) is 0.168. The van der Waals surface area contributed by atoms with Crippen molar-refractivity contribution < 1.29 is 0 Å². The zero-order valence-electron chi connectivity index (χ0n) is 30.8. The third kappa shape index (κ3) is 5.17. The third-order valence-electron chi connectivity index (χ3n) is 11.7. The molecule has 10 aromatic carbocycles. The van der Waals surface area contributed by atoms with Crippen LogP contribution in [0, 0.1) is 0 Å². The molecule has 0 amide bonds. The summed E-state index contributed by atoms with van der Waals surface area (Å²) in [5.41, 5.74) is 10.8. The molecule has 2 nitrogen and oxygen atoms in total. The van der Waals surface area contributed by atoms with E-state index in [-0.39, 0.29) is 0 Å². The van der Waals surface area contributed by atoms with Crippen LogP contribution in [0.5, 0.6) is 0 Å². The van der Waals surface area contributed by atoms with Gasteiger partial charge in [-0.05, 0) is 102 Å². The number of thiophene rings is 1. The molecule has 0 aliphatic carbocycles. The van der Waals surface area contributed by atoms with Crippen LogP contribution in [0.3, 0.4) is 0 Å². The largest absolute Gasteiger partial charge is 0.252 e. The fourth-order valence-corrected chi connectivity index (χ4v) is 10.0. The van der Waals surface area contributed by atoms with Crippen molar-refractivity contribution in [2.24, 2.45) is 0 Å². The Hall–Kier alpha value is -7.20. The number of hydrogen-bond donors (Lipinski definition) is 0. The molecule has 0 spiro atoms. The van der Waals surface area contributed by atoms with Gasteiger partial charge in [0.25, 0.3) is 0 Å². The Balaban J connectivity index is 1.08. The molecule has 2 aromatic heterocycles. The summed E-state index contributed by atoms with van der Waals surface area (Å²) < 4.78 is 2.62. The fourth-order valence-electron chi connectivity index (χ4n) is 8.92. The van der Waals surface area contributed by atoms with Gasteiger partial charge in [0.05, 0.1) is 22.9 Å². The standard InChI is InChI=1S/C54H32N2S/c1-3-16-40-33(10-1)12-8-19-42(40)37-22-25-44-45-26-23-38(43-20-9-13-34-11-2-4-17-41(34)43)31-49(45)54-53(48(44)30-37)55-32-50(56-54)39-15-7-14-35(28-39)36-24-27-52-47(29-36)46-18-5-6-21-51(46)57-52/h1-32H. The molecule has 0 aliphatic heterocycles. The first-order valence-corrected chi connectivity index (χ1v) is 20.2. The lowest BCUT2D eigenvalue weighted by molar-refractivity contribution is 1.31. The van der Waals surface area contributed by atoms with Crippen LogP contribution in [0.4, 0.5) is 0 Å². The molecule has 0 saturated heterocycles. The molecule has 57 heavy (non-hydrogen) atoms. The molecule has 264 valence electrons. The highest BCUT2D eigenvalue weighted by Gasteiger charge is 2.17. The maximum atomic E-state index is 5.53. The van der Waals surface area contributed by atoms with E-state index in [1.807, 2.05) is 17.5 Å². The second kappa shape index (κ2) is 12.7. The molecule has 0 saturated carbocycles. The molecule has 3 heteroatoms. The Kier molecular flexibility index (Phi) is 7.13. The third-order valence-corrected chi connectivity index (χ3v) is 12.8. The van der Waals surface area contributed by atoms with Crippen molar-refractivity contribution in [2.45, 2.75) is 0 Å². The molecule has 0 aliphatic rings. The van der Waals surface area contributed by atoms with Crippen LogP contribution in [0.1, 0.15) is 0 Å². The van der Waals surface area contributed by atoms with Gasteiger partial charge in [0.1, 0.15) is 0 Å². The predicted molar refractivity (Wildman–Crippen MR) is 244 cm³/mol. The van der Waals surface area contributed by atoms with Crippen molar-refractivity contribution in [1.82, 2.24) is 9.97 Å². The highest BCUT2D eigenvalue weighted by molar-refractivity contribution is 7.25. The normalized spacial score (nSPS) is 11.9. The van der Waals surface area contributed by atoms with Gasteiger partial charge in [0, 0.05) is 36.5 Å². The molecular weight excluding hydrogens is 709 g/mol. The van der Waals surface area contributed by atoms with Crippen LogP contribution in [-0.2, 0) is 0 Å². The van der Waals surface area contributed by atoms with E-state index in [9.17, 15) is 0 Å². The molecule has 0 N–H and O–H groups in total. The first kappa shape index (κ1) is 32.1. The zero-order valence-corrected chi connectivity index (χ0v) is 31.6. The summed E-state index contributed by atoms with van der Waals surface area (Å²) in [5, 5.41) is 12.1. The Morgan fingerprint density at radius 1 is 0.316 bits per heavy atom. The molecule has 0 bridgehead atoms. The predicted octanol–water partition coefficient (Wildman–Crippen LogP) is 15.3. The van der Waals surface area contributed by atoms with Crippen molar-refractivity contribution in [2.75, 3.05) is 0 Å². The minimum atomic E-state index is 0.854. The van der Waals surface area contributed by atoms with Crippen LogP contribution < -0.4 is 0 Å². The Morgan fingerprint density at radius 3 is 1.56 bits per heavy atom. The number of nitrogens with zero attached hydrogens (tertiary/aromatic N) is 2. The number of fused-ring (bicyclic) bond motifs is 11. The number of rotatable bonds is 4. The Labute approximate surface area is 333 Å². The fraction of sp³-hybridized carbons (Fsp3) is 0. The van der Waals surface area contributed by atoms with Gasteiger partial charge in [-0.1, -0.05) is 152 Å². The minimum Gasteiger partial charge on any atom is -0.252 e. The van der Waals surface area contributed by atoms with E-state index < -0.39 is 0 Å². The Bertz CT molecular complexity index is 3590. The van der Waals surface area contributed by atoms with Crippen LogP contribution >= 0.6 is 11.3 Å². The molecule has 12 rings (SSSR count). The molecule has 12 aromatic rings. The summed E-state index contributed by atoms with van der Waals surface area (Å²) >= 11 is 1.85. The number of aromatic nitrogens is 2. The lowest BCUT2D eigenvalue weighted by atomic mass is 9.91. The molecule has 0 fully saturated rings. The van der Waals surface area contributed by atoms with E-state index in [1.165, 1.54) is 74.7 Å². The zero-order chi connectivity index (χ0) is 37.5. The van der Waals surface area contributed by atoms with Gasteiger partial charge in [-0.15, -0.1) is 11.3 Å². The molecule has 0 atom stereocenters. The number of benzene rings is 10. The average molecular weight is 741 g/mol. The van der Waals surface area contributed by atoms with Crippen LogP contribution in [0.15, 0.2) is 194 Å². The summed E-state index contributed by atoms with van der Waals surface area (Å²) in [6, 6.07) is 68.3. The van der Waals surface area contributed by atoms with Gasteiger partial charge in [-0.2, -0.15) is 0 Å². The number of hydrogen-bond acceptors (Lipinski definition) is 3. The van der Waals surface area contributed by atoms with Crippen molar-refractivity contribution in [1.29, 1.82) is 0 Å². The minimum absolute atomic E-state index is 0.854. The van der Waals surface area contributed by atoms with Gasteiger partial charge >= 0.3 is 0 Å². The van der Waals surface area contributed by atoms with Gasteiger partial charge in [-0.25, -0.2) is 4.98 Å². The lowest BCUT2D eigenvalue weighted by Crippen LogP contribution is -1.94. The monoisotopic (exact) mass is 740 g/mol. The molecular formula is C54H32N2S. The van der Waals surface area contributed by atoms with Crippen molar-refractivity contribution in [3.05, 3.63) is 194 Å². The van der Waals surface area contributed by atoms with Crippen LogP contribution in [-0.4, -0.2) is 9.97 Å². The second-order valence-electron chi connectivity index (χ2n) is 14.9. The van der Waals surface area contributed by atoms with E-state index in [2.05, 4.69) is 188 Å². The van der Waals surface area contributed by atoms with Crippen LogP contribution in [0.2, 0.25) is 0 Å². The maximum absolute atomic E-state index is 5.53. The summed E-state index contributed by atoms with van der Waals surface area (Å²) in [6.07, 6.45) is 1.96. The van der Waals surface area contributed by atoms with E-state index >= 15 is 0 Å². The summed E-state index contributed by atoms with van der Waals surface area (Å²) in [4.78, 5) is 10.8. The van der Waals surface area contributed by atoms with E-state index in [0.717, 1.165) is 44.2 Å². The van der Waals surface area contributed by atoms with Gasteiger partial charge in [0.2, 0.25) is 0 Å². The molecule has 0 radical (unpaired) electrons. The van der Waals surface area contributed by atoms with Gasteiger partial charge < -0.3 is 0 Å². The SMILES string of the molecule is c1cc(-c2ccc3sc4ccccc4c3c2)cc(-c2cnc3c4cc(-c5cccc6ccccc56)ccc4c4ccc(-c5cccc6ccccc56)cc4c3n2)c1. The topological polar surface area (TPSA) is 25.8 Å². The highest BCUT2D eigenvalue weighted by Crippen LogP contribution is 2.41. The highest BCUT2D eigenvalue weighted by atomic mass is 32.1. The lowest BCUT2D eigenvalue weighted by Gasteiger charge is -2.15. The van der Waals surface area contributed by atoms with E-state index in [1.54, 1.807) is 0 Å². The Morgan fingerprint density at radius 2 is 0.842 bits per heavy atom. The van der Waals surface area contributed by atoms with Crippen LogP contribution in [0.25, 0.3) is 119 Å². The first-order valence-electron chi connectivity index (χ1n) is 19.4. The van der Waals surface area contributed by atoms with Gasteiger partial charge in [0.15, 0.2) is 0 Å². The van der Waals surface area contributed by atoms with Gasteiger partial charge in [-0.3, -0.25) is 4.98 Å². The maximum Gasteiger partial charge on any atom is 0.0979 e. The second-order valence-corrected chi connectivity index (χ2v) is 16.0. The smallest absolute Gasteiger partial charge is 0.0979 e. The van der Waals surface area contributed by atoms with E-state index in [4.69, 9.17) is 9.97 Å². The van der Waals surface area contributed by atoms with E-state index in [0.29, 0.717) is 0 Å². The molecule has 2 heterocycles.